The molecule has 0 aliphatic carbocycles. The van der Waals surface area contributed by atoms with E-state index in [1.165, 1.54) is 5.56 Å². The van der Waals surface area contributed by atoms with Crippen molar-refractivity contribution in [1.82, 2.24) is 14.9 Å². The smallest absolute Gasteiger partial charge is 0.222 e. The summed E-state index contributed by atoms with van der Waals surface area (Å²) < 4.78 is 2.03. The molecule has 0 saturated carbocycles. The highest BCUT2D eigenvalue weighted by Crippen LogP contribution is 2.22. The molecule has 0 saturated heterocycles. The zero-order valence-electron chi connectivity index (χ0n) is 15.9. The van der Waals surface area contributed by atoms with E-state index in [1.807, 2.05) is 59.2 Å². The molecule has 4 rings (SSSR count). The summed E-state index contributed by atoms with van der Waals surface area (Å²) in [4.78, 5) is 17.1. The lowest BCUT2D eigenvalue weighted by molar-refractivity contribution is -0.121. The van der Waals surface area contributed by atoms with Crippen LogP contribution in [0.25, 0.3) is 11.0 Å². The maximum absolute atomic E-state index is 12.8. The highest BCUT2D eigenvalue weighted by molar-refractivity contribution is 5.78. The van der Waals surface area contributed by atoms with Gasteiger partial charge < -0.3 is 9.88 Å². The van der Waals surface area contributed by atoms with Crippen LogP contribution in [0.15, 0.2) is 85.2 Å². The van der Waals surface area contributed by atoms with Crippen LogP contribution >= 0.6 is 0 Å². The van der Waals surface area contributed by atoms with Gasteiger partial charge in [0.25, 0.3) is 0 Å². The molecule has 1 atom stereocenters. The van der Waals surface area contributed by atoms with Gasteiger partial charge >= 0.3 is 0 Å². The third kappa shape index (κ3) is 3.96. The van der Waals surface area contributed by atoms with Crippen LogP contribution in [0, 0.1) is 6.92 Å². The maximum Gasteiger partial charge on any atom is 0.222 e. The number of aryl methyl sites for hydroxylation is 2. The van der Waals surface area contributed by atoms with E-state index >= 15 is 0 Å². The summed E-state index contributed by atoms with van der Waals surface area (Å²) in [7, 11) is 0. The number of carbonyl (C=O) groups is 1. The lowest BCUT2D eigenvalue weighted by atomic mass is 9.97. The number of carbonyl (C=O) groups excluding carboxylic acids is 1. The van der Waals surface area contributed by atoms with Crippen LogP contribution in [0.5, 0.6) is 0 Å². The standard InChI is InChI=1S/C24H23N3O/c1-18-11-13-20(14-12-18)24(19-7-3-2-4-8-19)26-23(28)15-16-27-17-25-21-9-5-6-10-22(21)27/h2-14,17,24H,15-16H2,1H3,(H,26,28). The summed E-state index contributed by atoms with van der Waals surface area (Å²) in [6.07, 6.45) is 2.20. The molecule has 1 amide bonds. The van der Waals surface area contributed by atoms with E-state index in [0.29, 0.717) is 13.0 Å². The largest absolute Gasteiger partial charge is 0.345 e. The molecule has 0 fully saturated rings. The third-order valence-corrected chi connectivity index (χ3v) is 4.96. The van der Waals surface area contributed by atoms with E-state index in [9.17, 15) is 4.79 Å². The Bertz CT molecular complexity index is 1070. The molecule has 0 aliphatic rings. The lowest BCUT2D eigenvalue weighted by Crippen LogP contribution is -2.30. The molecule has 0 bridgehead atoms. The van der Waals surface area contributed by atoms with Crippen LogP contribution in [0.1, 0.15) is 29.2 Å². The summed E-state index contributed by atoms with van der Waals surface area (Å²) in [5.41, 5.74) is 5.36. The Morgan fingerprint density at radius 1 is 0.929 bits per heavy atom. The number of hydrogen-bond acceptors (Lipinski definition) is 2. The summed E-state index contributed by atoms with van der Waals surface area (Å²) in [5.74, 6) is 0.0206. The molecule has 0 aliphatic heterocycles. The maximum atomic E-state index is 12.8. The Balaban J connectivity index is 1.50. The highest BCUT2D eigenvalue weighted by Gasteiger charge is 2.17. The second-order valence-corrected chi connectivity index (χ2v) is 7.00. The second kappa shape index (κ2) is 8.09. The molecular weight excluding hydrogens is 346 g/mol. The normalized spacial score (nSPS) is 12.0. The third-order valence-electron chi connectivity index (χ3n) is 4.96. The Kier molecular flexibility index (Phi) is 5.20. The van der Waals surface area contributed by atoms with Gasteiger partial charge in [-0.1, -0.05) is 72.3 Å². The van der Waals surface area contributed by atoms with Crippen molar-refractivity contribution in [2.45, 2.75) is 25.9 Å². The van der Waals surface area contributed by atoms with Crippen LogP contribution in [0.2, 0.25) is 0 Å². The van der Waals surface area contributed by atoms with Gasteiger partial charge in [0.15, 0.2) is 0 Å². The van der Waals surface area contributed by atoms with Gasteiger partial charge in [-0.3, -0.25) is 4.79 Å². The Hall–Kier alpha value is -3.40. The summed E-state index contributed by atoms with van der Waals surface area (Å²) in [5, 5.41) is 3.21. The minimum absolute atomic E-state index is 0.0206. The van der Waals surface area contributed by atoms with Gasteiger partial charge in [-0.15, -0.1) is 0 Å². The molecule has 1 aromatic heterocycles. The number of aromatic nitrogens is 2. The van der Waals surface area contributed by atoms with Crippen molar-refractivity contribution < 1.29 is 4.79 Å². The summed E-state index contributed by atoms with van der Waals surface area (Å²) >= 11 is 0. The summed E-state index contributed by atoms with van der Waals surface area (Å²) in [6, 6.07) is 26.2. The lowest BCUT2D eigenvalue weighted by Gasteiger charge is -2.20. The SMILES string of the molecule is Cc1ccc(C(NC(=O)CCn2cnc3ccccc32)c2ccccc2)cc1. The summed E-state index contributed by atoms with van der Waals surface area (Å²) in [6.45, 7) is 2.66. The van der Waals surface area contributed by atoms with Gasteiger partial charge in [0.1, 0.15) is 0 Å². The number of para-hydroxylation sites is 2. The zero-order chi connectivity index (χ0) is 19.3. The number of rotatable bonds is 6. The van der Waals surface area contributed by atoms with Crippen LogP contribution in [-0.2, 0) is 11.3 Å². The molecule has 0 spiro atoms. The Morgan fingerprint density at radius 3 is 2.39 bits per heavy atom. The number of nitrogens with one attached hydrogen (secondary N) is 1. The minimum atomic E-state index is -0.158. The molecule has 0 radical (unpaired) electrons. The molecule has 4 heteroatoms. The Labute approximate surface area is 164 Å². The van der Waals surface area contributed by atoms with E-state index in [2.05, 4.69) is 41.5 Å². The van der Waals surface area contributed by atoms with E-state index in [-0.39, 0.29) is 11.9 Å². The van der Waals surface area contributed by atoms with E-state index in [0.717, 1.165) is 22.2 Å². The number of nitrogens with zero attached hydrogens (tertiary/aromatic N) is 2. The molecule has 1 N–H and O–H groups in total. The average molecular weight is 369 g/mol. The quantitative estimate of drug-likeness (QED) is 0.538. The number of imidazole rings is 1. The van der Waals surface area contributed by atoms with E-state index < -0.39 is 0 Å². The van der Waals surface area contributed by atoms with Crippen molar-refractivity contribution in [1.29, 1.82) is 0 Å². The van der Waals surface area contributed by atoms with Crippen LogP contribution in [0.3, 0.4) is 0 Å². The molecule has 1 unspecified atom stereocenters. The molecule has 3 aromatic carbocycles. The van der Waals surface area contributed by atoms with Crippen molar-refractivity contribution >= 4 is 16.9 Å². The molecule has 1 heterocycles. The van der Waals surface area contributed by atoms with Crippen molar-refractivity contribution in [3.8, 4) is 0 Å². The first-order valence-electron chi connectivity index (χ1n) is 9.51. The van der Waals surface area contributed by atoms with Gasteiger partial charge in [0.2, 0.25) is 5.91 Å². The topological polar surface area (TPSA) is 46.9 Å². The molecular formula is C24H23N3O. The molecule has 140 valence electrons. The van der Waals surface area contributed by atoms with Gasteiger partial charge in [0.05, 0.1) is 23.4 Å². The van der Waals surface area contributed by atoms with Gasteiger partial charge in [-0.05, 0) is 30.2 Å². The zero-order valence-corrected chi connectivity index (χ0v) is 15.9. The first-order valence-corrected chi connectivity index (χ1v) is 9.51. The first kappa shape index (κ1) is 18.0. The van der Waals surface area contributed by atoms with Crippen molar-refractivity contribution in [3.63, 3.8) is 0 Å². The fourth-order valence-electron chi connectivity index (χ4n) is 3.41. The predicted octanol–water partition coefficient (Wildman–Crippen LogP) is 4.64. The van der Waals surface area contributed by atoms with Crippen molar-refractivity contribution in [2.24, 2.45) is 0 Å². The van der Waals surface area contributed by atoms with Crippen LogP contribution < -0.4 is 5.32 Å². The van der Waals surface area contributed by atoms with E-state index in [4.69, 9.17) is 0 Å². The van der Waals surface area contributed by atoms with Crippen molar-refractivity contribution in [3.05, 3.63) is 102 Å². The number of amides is 1. The van der Waals surface area contributed by atoms with Gasteiger partial charge in [-0.2, -0.15) is 0 Å². The highest BCUT2D eigenvalue weighted by atomic mass is 16.1. The molecule has 28 heavy (non-hydrogen) atoms. The van der Waals surface area contributed by atoms with Crippen LogP contribution in [-0.4, -0.2) is 15.5 Å². The van der Waals surface area contributed by atoms with Crippen molar-refractivity contribution in [2.75, 3.05) is 0 Å². The number of hydrogen-bond donors (Lipinski definition) is 1. The molecule has 4 nitrogen and oxygen atoms in total. The average Bonchev–Trinajstić information content (AvgIpc) is 3.15. The monoisotopic (exact) mass is 369 g/mol. The number of fused-ring (bicyclic) bond motifs is 1. The van der Waals surface area contributed by atoms with Gasteiger partial charge in [0, 0.05) is 13.0 Å². The molecule has 4 aromatic rings. The van der Waals surface area contributed by atoms with E-state index in [1.54, 1.807) is 6.33 Å². The first-order chi connectivity index (χ1) is 13.7. The fraction of sp³-hybridized carbons (Fsp3) is 0.167. The minimum Gasteiger partial charge on any atom is -0.345 e. The Morgan fingerprint density at radius 2 is 1.61 bits per heavy atom. The van der Waals surface area contributed by atoms with Crippen LogP contribution in [0.4, 0.5) is 0 Å². The predicted molar refractivity (Wildman–Crippen MR) is 112 cm³/mol. The second-order valence-electron chi connectivity index (χ2n) is 7.00. The number of benzene rings is 3. The fourth-order valence-corrected chi connectivity index (χ4v) is 3.41. The van der Waals surface area contributed by atoms with Gasteiger partial charge in [-0.25, -0.2) is 4.98 Å².